The van der Waals surface area contributed by atoms with Gasteiger partial charge < -0.3 is 71.7 Å². The molecule has 0 saturated carbocycles. The number of anilines is 1. The Morgan fingerprint density at radius 2 is 1.20 bits per heavy atom. The Labute approximate surface area is 430 Å². The number of hydrogen-bond donors (Lipinski definition) is 15. The van der Waals surface area contributed by atoms with E-state index < -0.39 is 129 Å². The number of nitrogens with one attached hydrogen (secondary N) is 2. The molecule has 0 spiro atoms. The largest absolute Gasteiger partial charge is 0.394 e. The zero-order valence-electron chi connectivity index (χ0n) is 41.5. The molecule has 2 aromatic carbocycles. The lowest BCUT2D eigenvalue weighted by molar-refractivity contribution is -0.438. The highest BCUT2D eigenvalue weighted by molar-refractivity contribution is 7.86. The maximum absolute atomic E-state index is 13.3. The molecule has 15 N–H and O–H groups in total. The minimum absolute atomic E-state index is 0.123. The first-order valence-corrected chi connectivity index (χ1v) is 27.0. The molecule has 4 rings (SSSR count). The number of fused-ring (bicyclic) bond motifs is 2. The smallest absolute Gasteiger partial charge is 0.264 e. The summed E-state index contributed by atoms with van der Waals surface area (Å²) in [4.78, 5) is 28.5. The van der Waals surface area contributed by atoms with Gasteiger partial charge in [0.05, 0.1) is 36.2 Å². The molecule has 0 aromatic heterocycles. The molecule has 0 bridgehead atoms. The number of amides is 2. The summed E-state index contributed by atoms with van der Waals surface area (Å²) in [5, 5.41) is 113. The number of carbonyl (C=O) groups excluding carboxylic acids is 2. The average Bonchev–Trinajstić information content (AvgIpc) is 3.69. The fourth-order valence-corrected chi connectivity index (χ4v) is 9.85. The van der Waals surface area contributed by atoms with Crippen molar-refractivity contribution >= 4 is 49.1 Å². The second-order valence-corrected chi connectivity index (χ2v) is 22.4. The molecule has 0 radical (unpaired) electrons. The molecule has 23 nitrogen and oxygen atoms in total. The van der Waals surface area contributed by atoms with E-state index in [1.165, 1.54) is 6.07 Å². The van der Waals surface area contributed by atoms with Gasteiger partial charge in [0.25, 0.3) is 32.1 Å². The Kier molecular flexibility index (Phi) is 21.5. The lowest BCUT2D eigenvalue weighted by Gasteiger charge is -2.33. The molecule has 2 aliphatic heterocycles. The maximum atomic E-state index is 13.3. The summed E-state index contributed by atoms with van der Waals surface area (Å²) in [7, 11) is -8.41. The van der Waals surface area contributed by atoms with E-state index in [2.05, 4.69) is 10.6 Å². The van der Waals surface area contributed by atoms with Crippen molar-refractivity contribution < 1.29 is 96.3 Å². The normalized spacial score (nSPS) is 19.2. The number of aliphatic hydroxyl groups excluding tert-OH is 9. The third-order valence-electron chi connectivity index (χ3n) is 13.1. The minimum Gasteiger partial charge on any atom is -0.394 e. The van der Waals surface area contributed by atoms with Gasteiger partial charge in [-0.25, -0.2) is 0 Å². The highest BCUT2D eigenvalue weighted by Gasteiger charge is 2.46. The van der Waals surface area contributed by atoms with Crippen molar-refractivity contribution in [1.29, 1.82) is 0 Å². The molecular formula is C49H71N4O19S2+. The molecule has 2 amide bonds. The van der Waals surface area contributed by atoms with Gasteiger partial charge in [-0.1, -0.05) is 44.2 Å². The van der Waals surface area contributed by atoms with Gasteiger partial charge in [0, 0.05) is 71.7 Å². The predicted octanol–water partition coefficient (Wildman–Crippen LogP) is -1.60. The van der Waals surface area contributed by atoms with Crippen molar-refractivity contribution in [2.24, 2.45) is 0 Å². The molecule has 0 fully saturated rings. The van der Waals surface area contributed by atoms with Crippen LogP contribution in [0.15, 0.2) is 84.6 Å². The molecule has 0 saturated heterocycles. The van der Waals surface area contributed by atoms with Crippen LogP contribution in [0.1, 0.15) is 85.2 Å². The summed E-state index contributed by atoms with van der Waals surface area (Å²) in [5.74, 6) is -5.52. The van der Waals surface area contributed by atoms with E-state index in [0.29, 0.717) is 37.2 Å². The molecule has 0 aliphatic carbocycles. The number of carbonyl (C=O) groups is 2. The van der Waals surface area contributed by atoms with Gasteiger partial charge in [0.1, 0.15) is 43.2 Å². The number of benzene rings is 2. The van der Waals surface area contributed by atoms with E-state index in [1.807, 2.05) is 49.3 Å². The Balaban J connectivity index is 1.58. The fourth-order valence-electron chi connectivity index (χ4n) is 8.71. The number of unbranched alkanes of at least 4 members (excludes halogenated alkanes) is 2. The van der Waals surface area contributed by atoms with Crippen LogP contribution in [0.3, 0.4) is 0 Å². The second-order valence-electron chi connectivity index (χ2n) is 19.3. The van der Waals surface area contributed by atoms with Crippen LogP contribution in [-0.2, 0) is 31.1 Å². The lowest BCUT2D eigenvalue weighted by Crippen LogP contribution is -2.60. The predicted molar refractivity (Wildman–Crippen MR) is 271 cm³/mol. The number of nitrogens with zero attached hydrogens (tertiary/aromatic N) is 2. The van der Waals surface area contributed by atoms with Gasteiger partial charge in [0.2, 0.25) is 11.5 Å². The van der Waals surface area contributed by atoms with Crippen molar-refractivity contribution in [3.8, 4) is 0 Å². The monoisotopic (exact) mass is 1080 g/mol. The first-order chi connectivity index (χ1) is 34.4. The van der Waals surface area contributed by atoms with Crippen molar-refractivity contribution in [1.82, 2.24) is 10.6 Å². The van der Waals surface area contributed by atoms with Crippen LogP contribution in [0.25, 0.3) is 0 Å². The molecule has 2 heterocycles. The summed E-state index contributed by atoms with van der Waals surface area (Å²) in [6.07, 6.45) is -0.0823. The van der Waals surface area contributed by atoms with Crippen molar-refractivity contribution in [3.05, 3.63) is 107 Å². The molecule has 7 unspecified atom stereocenters. The zero-order chi connectivity index (χ0) is 55.6. The van der Waals surface area contributed by atoms with Gasteiger partial charge in [-0.05, 0) is 75.1 Å². The van der Waals surface area contributed by atoms with E-state index in [9.17, 15) is 81.5 Å². The maximum Gasteiger partial charge on any atom is 0.264 e. The number of rotatable bonds is 28. The molecule has 2 aliphatic rings. The van der Waals surface area contributed by atoms with Gasteiger partial charge in [-0.2, -0.15) is 21.4 Å². The topological polar surface area (TPSA) is 396 Å². The Morgan fingerprint density at radius 1 is 0.676 bits per heavy atom. The molecule has 74 heavy (non-hydrogen) atoms. The van der Waals surface area contributed by atoms with Crippen LogP contribution in [0, 0.1) is 0 Å². The van der Waals surface area contributed by atoms with Crippen LogP contribution >= 0.6 is 0 Å². The first-order valence-electron chi connectivity index (χ1n) is 23.7. The molecule has 25 heteroatoms. The van der Waals surface area contributed by atoms with E-state index in [0.717, 1.165) is 22.7 Å². The van der Waals surface area contributed by atoms with Gasteiger partial charge in [-0.15, -0.1) is 0 Å². The summed E-state index contributed by atoms with van der Waals surface area (Å²) >= 11 is 0. The van der Waals surface area contributed by atoms with Crippen LogP contribution in [0.5, 0.6) is 0 Å². The minimum atomic E-state index is -4.21. The zero-order valence-corrected chi connectivity index (χ0v) is 43.1. The summed E-state index contributed by atoms with van der Waals surface area (Å²) in [6.45, 7) is 5.19. The van der Waals surface area contributed by atoms with Crippen LogP contribution in [0.4, 0.5) is 11.4 Å². The van der Waals surface area contributed by atoms with Crippen LogP contribution in [0.2, 0.25) is 0 Å². The summed E-state index contributed by atoms with van der Waals surface area (Å²) in [5.41, 5.74) is 3.23. The van der Waals surface area contributed by atoms with Crippen LogP contribution < -0.4 is 15.5 Å². The highest BCUT2D eigenvalue weighted by Crippen LogP contribution is 2.48. The Bertz CT molecular complexity index is 2680. The first kappa shape index (κ1) is 61.7. The van der Waals surface area contributed by atoms with Crippen LogP contribution in [-0.4, -0.2) is 204 Å². The van der Waals surface area contributed by atoms with Crippen molar-refractivity contribution in [2.75, 3.05) is 55.8 Å². The average molecular weight is 1080 g/mol. The van der Waals surface area contributed by atoms with E-state index >= 15 is 0 Å². The standard InChI is InChI=1S/C49H70N4O19S2/c1-47(2)32-24-30(45(63)50-26-36(56)42(60)43(61)37(57)28-54)16-18-34(32)52(20-10-12-22-73(67,68)69)39(47)14-8-6-5-7-9-15-40-48(3,4)33-25-31(17-19-35(33)53(40)21-11-13-23-74(70,71)72)46(64)51-27-41(59)49(65,66)44(62)38(58)29-55/h5-9,14-19,24-25,36-38,41-44,54-62,65-66H,10-13,20-23,26-29H2,1-4H3,(H3-,50,51,63,64,67,68,69,70,71,72)/p+1. The third kappa shape index (κ3) is 15.6. The van der Waals surface area contributed by atoms with E-state index in [1.54, 1.807) is 60.7 Å². The van der Waals surface area contributed by atoms with Crippen molar-refractivity contribution in [3.63, 3.8) is 0 Å². The molecule has 7 atom stereocenters. The van der Waals surface area contributed by atoms with Gasteiger partial charge >= 0.3 is 0 Å². The highest BCUT2D eigenvalue weighted by atomic mass is 32.2. The Morgan fingerprint density at radius 3 is 1.80 bits per heavy atom. The summed E-state index contributed by atoms with van der Waals surface area (Å²) in [6, 6.07) is 9.72. The quantitative estimate of drug-likeness (QED) is 0.0150. The molecule has 2 aromatic rings. The molecular weight excluding hydrogens is 1010 g/mol. The second kappa shape index (κ2) is 25.8. The lowest BCUT2D eigenvalue weighted by atomic mass is 9.80. The SMILES string of the molecule is CC1(C)C(/C=C/C=C/C=C/C=C2/N(CCCCS(=O)(=O)O)c3ccc(C(=O)NCC(O)C(O)(O)C(O)C(O)CO)cc3C2(C)C)=[N+](CCCCS(=O)(=O)O)c2ccc(C(=O)NCC(O)C(O)C(O)C(O)CO)cc21. The fraction of sp³-hybridized carbons (Fsp3) is 0.531. The third-order valence-corrected chi connectivity index (χ3v) is 14.7. The van der Waals surface area contributed by atoms with E-state index in [4.69, 9.17) is 10.2 Å². The van der Waals surface area contributed by atoms with E-state index in [-0.39, 0.29) is 24.0 Å². The van der Waals surface area contributed by atoms with Gasteiger partial charge in [-0.3, -0.25) is 18.7 Å². The van der Waals surface area contributed by atoms with Crippen molar-refractivity contribution in [2.45, 2.75) is 113 Å². The Hall–Kier alpha value is -4.81. The summed E-state index contributed by atoms with van der Waals surface area (Å²) < 4.78 is 66.5. The van der Waals surface area contributed by atoms with Gasteiger partial charge in [0.15, 0.2) is 5.71 Å². The molecule has 412 valence electrons. The number of aliphatic hydroxyl groups is 11. The number of allylic oxidation sites excluding steroid dienone is 8. The number of hydrogen-bond acceptors (Lipinski definition) is 18.